The quantitative estimate of drug-likeness (QED) is 0.842. The van der Waals surface area contributed by atoms with Crippen LogP contribution >= 0.6 is 0 Å². The van der Waals surface area contributed by atoms with Crippen LogP contribution in [0.5, 0.6) is 0 Å². The normalized spacial score (nSPS) is 16.8. The smallest absolute Gasteiger partial charge is 0.331 e. The van der Waals surface area contributed by atoms with Crippen molar-refractivity contribution in [3.63, 3.8) is 0 Å². The molecule has 1 atom stereocenters. The van der Waals surface area contributed by atoms with Gasteiger partial charge >= 0.3 is 5.69 Å². The van der Waals surface area contributed by atoms with Gasteiger partial charge in [-0.1, -0.05) is 18.2 Å². The van der Waals surface area contributed by atoms with E-state index < -0.39 is 5.69 Å². The van der Waals surface area contributed by atoms with Crippen molar-refractivity contribution in [3.8, 4) is 0 Å². The third-order valence-electron chi connectivity index (χ3n) is 4.57. The lowest BCUT2D eigenvalue weighted by Crippen LogP contribution is -2.41. The predicted molar refractivity (Wildman–Crippen MR) is 95.7 cm³/mol. The van der Waals surface area contributed by atoms with E-state index in [9.17, 15) is 14.4 Å². The zero-order valence-electron chi connectivity index (χ0n) is 14.2. The van der Waals surface area contributed by atoms with E-state index in [1.807, 2.05) is 18.2 Å². The number of aromatic nitrogens is 2. The van der Waals surface area contributed by atoms with Gasteiger partial charge in [0.05, 0.1) is 0 Å². The van der Waals surface area contributed by atoms with Crippen molar-refractivity contribution in [1.82, 2.24) is 14.5 Å². The molecule has 1 aliphatic heterocycles. The third-order valence-corrected chi connectivity index (χ3v) is 4.57. The summed E-state index contributed by atoms with van der Waals surface area (Å²) in [5, 5.41) is 2.89. The molecule has 0 aliphatic carbocycles. The number of benzene rings is 1. The number of para-hydroxylation sites is 1. The molecule has 1 aromatic heterocycles. The standard InChI is InChI=1S/C18H22N4O3/c1-20-17(24)8-10-22(18(20)25)13-16(23)19-11-14-7-9-21(12-14)15-5-3-2-4-6-15/h2-6,8,10,14H,7,9,11-13H2,1H3,(H,19,23). The summed E-state index contributed by atoms with van der Waals surface area (Å²) in [5.41, 5.74) is 0.334. The van der Waals surface area contributed by atoms with Gasteiger partial charge in [-0.25, -0.2) is 4.79 Å². The maximum atomic E-state index is 12.1. The molecule has 7 nitrogen and oxygen atoms in total. The van der Waals surface area contributed by atoms with E-state index in [1.54, 1.807) is 0 Å². The Morgan fingerprint density at radius 1 is 1.20 bits per heavy atom. The Labute approximate surface area is 145 Å². The second-order valence-electron chi connectivity index (χ2n) is 6.36. The lowest BCUT2D eigenvalue weighted by atomic mass is 10.1. The van der Waals surface area contributed by atoms with E-state index >= 15 is 0 Å². The van der Waals surface area contributed by atoms with E-state index in [1.165, 1.54) is 29.6 Å². The van der Waals surface area contributed by atoms with Crippen LogP contribution in [0.1, 0.15) is 6.42 Å². The number of hydrogen-bond acceptors (Lipinski definition) is 4. The SMILES string of the molecule is Cn1c(=O)ccn(CC(=O)NCC2CCN(c3ccccc3)C2)c1=O. The van der Waals surface area contributed by atoms with Gasteiger partial charge < -0.3 is 10.2 Å². The minimum Gasteiger partial charge on any atom is -0.371 e. The predicted octanol–water partition coefficient (Wildman–Crippen LogP) is 0.190. The number of rotatable bonds is 5. The van der Waals surface area contributed by atoms with Crippen LogP contribution in [0, 0.1) is 5.92 Å². The van der Waals surface area contributed by atoms with Crippen LogP contribution in [-0.4, -0.2) is 34.7 Å². The van der Waals surface area contributed by atoms with Crippen LogP contribution in [0.15, 0.2) is 52.2 Å². The highest BCUT2D eigenvalue weighted by Crippen LogP contribution is 2.22. The molecule has 7 heteroatoms. The summed E-state index contributed by atoms with van der Waals surface area (Å²) in [6.07, 6.45) is 2.38. The number of amides is 1. The van der Waals surface area contributed by atoms with Crippen LogP contribution in [0.2, 0.25) is 0 Å². The molecule has 1 aliphatic rings. The van der Waals surface area contributed by atoms with Crippen molar-refractivity contribution in [2.24, 2.45) is 13.0 Å². The highest BCUT2D eigenvalue weighted by Gasteiger charge is 2.23. The molecular weight excluding hydrogens is 320 g/mol. The Bertz CT molecular complexity index is 857. The lowest BCUT2D eigenvalue weighted by Gasteiger charge is -2.18. The van der Waals surface area contributed by atoms with E-state index in [0.717, 1.165) is 24.1 Å². The van der Waals surface area contributed by atoms with E-state index in [2.05, 4.69) is 22.3 Å². The molecule has 0 bridgehead atoms. The fraction of sp³-hybridized carbons (Fsp3) is 0.389. The average Bonchev–Trinajstić information content (AvgIpc) is 3.10. The van der Waals surface area contributed by atoms with Crippen LogP contribution in [0.4, 0.5) is 5.69 Å². The van der Waals surface area contributed by atoms with Crippen molar-refractivity contribution in [2.45, 2.75) is 13.0 Å². The van der Waals surface area contributed by atoms with Crippen molar-refractivity contribution >= 4 is 11.6 Å². The molecule has 1 saturated heterocycles. The molecule has 3 rings (SSSR count). The maximum absolute atomic E-state index is 12.1. The number of nitrogens with one attached hydrogen (secondary N) is 1. The van der Waals surface area contributed by atoms with E-state index in [-0.39, 0.29) is 18.0 Å². The first-order chi connectivity index (χ1) is 12.0. The second kappa shape index (κ2) is 7.38. The summed E-state index contributed by atoms with van der Waals surface area (Å²) >= 11 is 0. The van der Waals surface area contributed by atoms with Crippen LogP contribution in [0.25, 0.3) is 0 Å². The number of carbonyl (C=O) groups is 1. The Kier molecular flexibility index (Phi) is 5.02. The van der Waals surface area contributed by atoms with Gasteiger partial charge in [0.2, 0.25) is 5.91 Å². The largest absolute Gasteiger partial charge is 0.371 e. The van der Waals surface area contributed by atoms with Crippen LogP contribution in [-0.2, 0) is 18.4 Å². The first-order valence-corrected chi connectivity index (χ1v) is 8.38. The van der Waals surface area contributed by atoms with Crippen molar-refractivity contribution in [1.29, 1.82) is 0 Å². The summed E-state index contributed by atoms with van der Waals surface area (Å²) in [6.45, 7) is 2.39. The van der Waals surface area contributed by atoms with Gasteiger partial charge in [-0.05, 0) is 24.5 Å². The Balaban J connectivity index is 1.51. The number of hydrogen-bond donors (Lipinski definition) is 1. The van der Waals surface area contributed by atoms with E-state index in [0.29, 0.717) is 12.5 Å². The molecule has 1 N–H and O–H groups in total. The average molecular weight is 342 g/mol. The highest BCUT2D eigenvalue weighted by molar-refractivity contribution is 5.75. The van der Waals surface area contributed by atoms with Crippen LogP contribution in [0.3, 0.4) is 0 Å². The molecule has 0 radical (unpaired) electrons. The molecule has 132 valence electrons. The fourth-order valence-electron chi connectivity index (χ4n) is 3.08. The zero-order valence-corrected chi connectivity index (χ0v) is 14.2. The molecule has 1 unspecified atom stereocenters. The molecule has 1 aromatic carbocycles. The number of carbonyl (C=O) groups excluding carboxylic acids is 1. The molecule has 0 saturated carbocycles. The first-order valence-electron chi connectivity index (χ1n) is 8.38. The van der Waals surface area contributed by atoms with Gasteiger partial charge in [-0.2, -0.15) is 0 Å². The fourth-order valence-corrected chi connectivity index (χ4v) is 3.08. The Morgan fingerprint density at radius 2 is 1.96 bits per heavy atom. The number of anilines is 1. The zero-order chi connectivity index (χ0) is 17.8. The molecular formula is C18H22N4O3. The monoisotopic (exact) mass is 342 g/mol. The topological polar surface area (TPSA) is 76.3 Å². The summed E-state index contributed by atoms with van der Waals surface area (Å²) in [7, 11) is 1.40. The summed E-state index contributed by atoms with van der Waals surface area (Å²) < 4.78 is 2.23. The Hall–Kier alpha value is -2.83. The first kappa shape index (κ1) is 17.0. The maximum Gasteiger partial charge on any atom is 0.331 e. The molecule has 1 fully saturated rings. The molecule has 2 heterocycles. The van der Waals surface area contributed by atoms with Crippen molar-refractivity contribution < 1.29 is 4.79 Å². The van der Waals surface area contributed by atoms with Crippen molar-refractivity contribution in [2.75, 3.05) is 24.5 Å². The van der Waals surface area contributed by atoms with Crippen LogP contribution < -0.4 is 21.5 Å². The van der Waals surface area contributed by atoms with Gasteiger partial charge in [-0.3, -0.25) is 18.7 Å². The van der Waals surface area contributed by atoms with Crippen molar-refractivity contribution in [3.05, 3.63) is 63.4 Å². The van der Waals surface area contributed by atoms with E-state index in [4.69, 9.17) is 0 Å². The third kappa shape index (κ3) is 3.99. The second-order valence-corrected chi connectivity index (χ2v) is 6.36. The minimum absolute atomic E-state index is 0.0813. The molecule has 25 heavy (non-hydrogen) atoms. The van der Waals surface area contributed by atoms with Gasteiger partial charge in [0, 0.05) is 44.6 Å². The van der Waals surface area contributed by atoms with Gasteiger partial charge in [-0.15, -0.1) is 0 Å². The minimum atomic E-state index is -0.487. The van der Waals surface area contributed by atoms with Gasteiger partial charge in [0.25, 0.3) is 5.56 Å². The molecule has 1 amide bonds. The Morgan fingerprint density at radius 3 is 2.72 bits per heavy atom. The van der Waals surface area contributed by atoms with Gasteiger partial charge in [0.1, 0.15) is 6.54 Å². The summed E-state index contributed by atoms with van der Waals surface area (Å²) in [5.74, 6) is 0.167. The molecule has 0 spiro atoms. The van der Waals surface area contributed by atoms with Gasteiger partial charge in [0.15, 0.2) is 0 Å². The lowest BCUT2D eigenvalue weighted by molar-refractivity contribution is -0.121. The molecule has 2 aromatic rings. The number of nitrogens with zero attached hydrogens (tertiary/aromatic N) is 3. The summed E-state index contributed by atoms with van der Waals surface area (Å²) in [4.78, 5) is 37.7. The highest BCUT2D eigenvalue weighted by atomic mass is 16.2. The summed E-state index contributed by atoms with van der Waals surface area (Å²) in [6, 6.07) is 11.5.